The highest BCUT2D eigenvalue weighted by Gasteiger charge is 2.53. The van der Waals surface area contributed by atoms with Crippen LogP contribution in [0, 0.1) is 29.6 Å². The first-order valence-electron chi connectivity index (χ1n) is 9.59. The Bertz CT molecular complexity index is 506. The van der Waals surface area contributed by atoms with Gasteiger partial charge in [-0.25, -0.2) is 0 Å². The van der Waals surface area contributed by atoms with Gasteiger partial charge < -0.3 is 19.3 Å². The number of hydrogen-bond acceptors (Lipinski definition) is 5. The Morgan fingerprint density at radius 1 is 1.00 bits per heavy atom. The highest BCUT2D eigenvalue weighted by molar-refractivity contribution is 5.76. The minimum Gasteiger partial charge on any atom is -0.481 e. The van der Waals surface area contributed by atoms with Crippen molar-refractivity contribution < 1.29 is 28.9 Å². The van der Waals surface area contributed by atoms with Crippen LogP contribution in [0.25, 0.3) is 0 Å². The van der Waals surface area contributed by atoms with E-state index in [9.17, 15) is 9.59 Å². The number of carboxylic acid groups (broad SMARTS) is 1. The molecule has 0 aromatic rings. The second kappa shape index (κ2) is 7.62. The van der Waals surface area contributed by atoms with Gasteiger partial charge in [-0.15, -0.1) is 0 Å². The number of carbonyl (C=O) groups is 2. The molecule has 4 unspecified atom stereocenters. The fraction of sp³-hybridized carbons (Fsp3) is 0.895. The molecule has 0 spiro atoms. The third kappa shape index (κ3) is 4.00. The molecule has 2 aliphatic heterocycles. The van der Waals surface area contributed by atoms with Crippen LogP contribution in [-0.4, -0.2) is 35.7 Å². The summed E-state index contributed by atoms with van der Waals surface area (Å²) in [6.45, 7) is 6.49. The van der Waals surface area contributed by atoms with Crippen molar-refractivity contribution in [1.82, 2.24) is 0 Å². The van der Waals surface area contributed by atoms with Crippen LogP contribution in [0.3, 0.4) is 0 Å². The topological polar surface area (TPSA) is 82.1 Å². The summed E-state index contributed by atoms with van der Waals surface area (Å²) in [5, 5.41) is 8.72. The molecule has 142 valence electrons. The van der Waals surface area contributed by atoms with Crippen molar-refractivity contribution in [3.05, 3.63) is 0 Å². The van der Waals surface area contributed by atoms with E-state index in [0.717, 1.165) is 12.8 Å². The maximum absolute atomic E-state index is 12.0. The number of rotatable bonds is 4. The lowest BCUT2D eigenvalue weighted by molar-refractivity contribution is -0.325. The third-order valence-electron chi connectivity index (χ3n) is 6.43. The van der Waals surface area contributed by atoms with E-state index in [1.807, 2.05) is 0 Å². The Kier molecular flexibility index (Phi) is 5.68. The average Bonchev–Trinajstić information content (AvgIpc) is 2.72. The van der Waals surface area contributed by atoms with Gasteiger partial charge in [-0.3, -0.25) is 9.59 Å². The van der Waals surface area contributed by atoms with Crippen LogP contribution >= 0.6 is 0 Å². The van der Waals surface area contributed by atoms with Gasteiger partial charge in [0.25, 0.3) is 0 Å². The van der Waals surface area contributed by atoms with Gasteiger partial charge >= 0.3 is 11.9 Å². The van der Waals surface area contributed by atoms with E-state index >= 15 is 0 Å². The van der Waals surface area contributed by atoms with Crippen LogP contribution in [0.15, 0.2) is 0 Å². The van der Waals surface area contributed by atoms with E-state index in [4.69, 9.17) is 19.3 Å². The smallest absolute Gasteiger partial charge is 0.308 e. The van der Waals surface area contributed by atoms with Crippen molar-refractivity contribution in [2.75, 3.05) is 0 Å². The molecule has 3 aliphatic rings. The van der Waals surface area contributed by atoms with Crippen molar-refractivity contribution in [3.8, 4) is 0 Å². The summed E-state index contributed by atoms with van der Waals surface area (Å²) in [6, 6.07) is 0. The Morgan fingerprint density at radius 3 is 2.44 bits per heavy atom. The molecule has 1 saturated carbocycles. The van der Waals surface area contributed by atoms with Crippen LogP contribution in [0.5, 0.6) is 0 Å². The first-order chi connectivity index (χ1) is 11.9. The third-order valence-corrected chi connectivity index (χ3v) is 6.43. The predicted octanol–water partition coefficient (Wildman–Crippen LogP) is 3.19. The van der Waals surface area contributed by atoms with Gasteiger partial charge in [-0.05, 0) is 43.9 Å². The van der Waals surface area contributed by atoms with E-state index in [0.29, 0.717) is 23.7 Å². The number of aliphatic carboxylic acids is 1. The fourth-order valence-electron chi connectivity index (χ4n) is 4.98. The first kappa shape index (κ1) is 18.6. The second-order valence-electron chi connectivity index (χ2n) is 8.10. The minimum absolute atomic E-state index is 0.0991. The summed E-state index contributed by atoms with van der Waals surface area (Å²) < 4.78 is 17.7. The van der Waals surface area contributed by atoms with Gasteiger partial charge in [0.15, 0.2) is 6.29 Å². The quantitative estimate of drug-likeness (QED) is 0.781. The predicted molar refractivity (Wildman–Crippen MR) is 89.4 cm³/mol. The lowest BCUT2D eigenvalue weighted by Gasteiger charge is -2.51. The molecule has 0 radical (unpaired) electrons. The number of esters is 1. The number of ether oxygens (including phenoxy) is 3. The molecule has 1 aliphatic carbocycles. The van der Waals surface area contributed by atoms with Crippen LogP contribution in [0.1, 0.15) is 59.3 Å². The largest absolute Gasteiger partial charge is 0.481 e. The van der Waals surface area contributed by atoms with Crippen molar-refractivity contribution in [3.63, 3.8) is 0 Å². The molecular formula is C19H30O6. The molecule has 0 aromatic carbocycles. The molecule has 6 nitrogen and oxygen atoms in total. The number of carbonyl (C=O) groups excluding carboxylic acids is 1. The maximum Gasteiger partial charge on any atom is 0.308 e. The lowest BCUT2D eigenvalue weighted by atomic mass is 9.61. The molecule has 2 heterocycles. The molecule has 8 atom stereocenters. The zero-order valence-corrected chi connectivity index (χ0v) is 15.3. The van der Waals surface area contributed by atoms with Crippen molar-refractivity contribution in [1.29, 1.82) is 0 Å². The maximum atomic E-state index is 12.0. The summed E-state index contributed by atoms with van der Waals surface area (Å²) in [7, 11) is 0. The monoisotopic (exact) mass is 354 g/mol. The molecule has 3 fully saturated rings. The zero-order chi connectivity index (χ0) is 18.1. The molecule has 0 aromatic heterocycles. The van der Waals surface area contributed by atoms with Gasteiger partial charge in [0.2, 0.25) is 6.29 Å². The van der Waals surface area contributed by atoms with Gasteiger partial charge in [-0.2, -0.15) is 0 Å². The average molecular weight is 354 g/mol. The number of hydrogen-bond donors (Lipinski definition) is 1. The van der Waals surface area contributed by atoms with Crippen molar-refractivity contribution >= 4 is 11.9 Å². The zero-order valence-electron chi connectivity index (χ0n) is 15.3. The highest BCUT2D eigenvalue weighted by atomic mass is 16.8. The molecule has 0 bridgehead atoms. The van der Waals surface area contributed by atoms with E-state index in [-0.39, 0.29) is 31.2 Å². The van der Waals surface area contributed by atoms with Crippen LogP contribution < -0.4 is 0 Å². The van der Waals surface area contributed by atoms with Crippen LogP contribution in [0.2, 0.25) is 0 Å². The molecule has 6 heteroatoms. The van der Waals surface area contributed by atoms with E-state index < -0.39 is 18.2 Å². The molecule has 3 rings (SSSR count). The number of carboxylic acids is 1. The van der Waals surface area contributed by atoms with E-state index in [1.54, 1.807) is 0 Å². The van der Waals surface area contributed by atoms with Crippen LogP contribution in [0.4, 0.5) is 0 Å². The SMILES string of the molecule is C[C@@H]1CCC2C3C(O[C@@H](OC(=O)CCC(=O)O)[C@@H]2C)O[C@@H](C)CCC31. The Balaban J connectivity index is 1.72. The van der Waals surface area contributed by atoms with E-state index in [1.165, 1.54) is 12.8 Å². The Morgan fingerprint density at radius 2 is 1.72 bits per heavy atom. The summed E-state index contributed by atoms with van der Waals surface area (Å²) >= 11 is 0. The summed E-state index contributed by atoms with van der Waals surface area (Å²) in [6.07, 6.45) is 3.31. The Labute approximate surface area is 149 Å². The second-order valence-corrected chi connectivity index (χ2v) is 8.10. The minimum atomic E-state index is -1.00. The summed E-state index contributed by atoms with van der Waals surface area (Å²) in [4.78, 5) is 22.6. The standard InChI is InChI=1S/C19H30O6/c1-10-4-6-14-12(3)18(24-16(22)9-8-15(20)21)25-19-17(14)13(10)7-5-11(2)23-19/h10-14,17-19H,4-9H2,1-3H3,(H,20,21)/t10-,11+,12-,13?,14?,17?,18-,19?/m1/s1. The first-order valence-corrected chi connectivity index (χ1v) is 9.59. The summed E-state index contributed by atoms with van der Waals surface area (Å²) in [5.74, 6) is 0.630. The lowest BCUT2D eigenvalue weighted by Crippen LogP contribution is -2.54. The Hall–Kier alpha value is -1.14. The molecule has 25 heavy (non-hydrogen) atoms. The molecule has 2 saturated heterocycles. The van der Waals surface area contributed by atoms with Crippen molar-refractivity contribution in [2.45, 2.75) is 78.0 Å². The van der Waals surface area contributed by atoms with Crippen molar-refractivity contribution in [2.24, 2.45) is 29.6 Å². The van der Waals surface area contributed by atoms with Gasteiger partial charge in [0.1, 0.15) is 0 Å². The van der Waals surface area contributed by atoms with Gasteiger partial charge in [-0.1, -0.05) is 20.3 Å². The molecule has 1 N–H and O–H groups in total. The molecule has 0 amide bonds. The highest BCUT2D eigenvalue weighted by Crippen LogP contribution is 2.52. The normalized spacial score (nSPS) is 43.6. The molecular weight excluding hydrogens is 324 g/mol. The summed E-state index contributed by atoms with van der Waals surface area (Å²) in [5.41, 5.74) is 0. The van der Waals surface area contributed by atoms with Crippen LogP contribution in [-0.2, 0) is 23.8 Å². The van der Waals surface area contributed by atoms with Gasteiger partial charge in [0, 0.05) is 11.8 Å². The fourth-order valence-corrected chi connectivity index (χ4v) is 4.98. The van der Waals surface area contributed by atoms with Gasteiger partial charge in [0.05, 0.1) is 18.9 Å². The van der Waals surface area contributed by atoms with E-state index in [2.05, 4.69) is 20.8 Å².